The quantitative estimate of drug-likeness (QED) is 0.726. The number of hydrogen-bond donors (Lipinski definition) is 0. The van der Waals surface area contributed by atoms with Gasteiger partial charge < -0.3 is 4.79 Å². The Morgan fingerprint density at radius 1 is 1.17 bits per heavy atom. The van der Waals surface area contributed by atoms with Crippen molar-refractivity contribution in [1.29, 1.82) is 0 Å². The molecule has 0 spiro atoms. The number of rotatable bonds is 5. The highest BCUT2D eigenvalue weighted by Gasteiger charge is 2.15. The van der Waals surface area contributed by atoms with Crippen LogP contribution in [-0.2, 0) is 10.2 Å². The molecule has 18 heavy (non-hydrogen) atoms. The topological polar surface area (TPSA) is 17.1 Å². The van der Waals surface area contributed by atoms with Crippen LogP contribution in [-0.4, -0.2) is 5.78 Å². The molecule has 1 nitrogen and oxygen atoms in total. The molecule has 1 aromatic carbocycles. The molecule has 0 N–H and O–H groups in total. The largest absolute Gasteiger partial charge is 0.300 e. The van der Waals surface area contributed by atoms with Crippen LogP contribution in [0.1, 0.15) is 70.9 Å². The Morgan fingerprint density at radius 3 is 2.11 bits per heavy atom. The lowest BCUT2D eigenvalue weighted by Gasteiger charge is -2.21. The van der Waals surface area contributed by atoms with Gasteiger partial charge >= 0.3 is 0 Å². The summed E-state index contributed by atoms with van der Waals surface area (Å²) in [5.41, 5.74) is 2.94. The Morgan fingerprint density at radius 2 is 1.72 bits per heavy atom. The summed E-state index contributed by atoms with van der Waals surface area (Å²) in [6, 6.07) is 8.92. The second-order valence-electron chi connectivity index (χ2n) is 6.22. The first kappa shape index (κ1) is 14.9. The number of ketones is 1. The Hall–Kier alpha value is -1.11. The number of hydrogen-bond acceptors (Lipinski definition) is 1. The lowest BCUT2D eigenvalue weighted by Crippen LogP contribution is -2.11. The summed E-state index contributed by atoms with van der Waals surface area (Å²) in [5.74, 6) is 0.808. The van der Waals surface area contributed by atoms with Crippen molar-refractivity contribution in [3.8, 4) is 0 Å². The highest BCUT2D eigenvalue weighted by atomic mass is 16.1. The number of Topliss-reactive ketones (excluding diaryl/α,β-unsaturated/α-hetero) is 1. The monoisotopic (exact) mass is 246 g/mol. The number of benzene rings is 1. The second kappa shape index (κ2) is 6.17. The molecule has 0 bridgehead atoms. The molecule has 1 atom stereocenters. The minimum atomic E-state index is 0.208. The van der Waals surface area contributed by atoms with Crippen molar-refractivity contribution in [2.24, 2.45) is 0 Å². The Bertz CT molecular complexity index is 381. The van der Waals surface area contributed by atoms with Gasteiger partial charge in [0.15, 0.2) is 0 Å². The minimum absolute atomic E-state index is 0.208. The maximum absolute atomic E-state index is 11.1. The first-order valence-corrected chi connectivity index (χ1v) is 6.94. The van der Waals surface area contributed by atoms with Crippen molar-refractivity contribution in [3.05, 3.63) is 35.4 Å². The van der Waals surface area contributed by atoms with E-state index in [1.165, 1.54) is 11.1 Å². The molecule has 0 aliphatic carbocycles. The van der Waals surface area contributed by atoms with Gasteiger partial charge in [-0.25, -0.2) is 0 Å². The molecular formula is C17H26O. The van der Waals surface area contributed by atoms with Crippen LogP contribution in [0.15, 0.2) is 24.3 Å². The van der Waals surface area contributed by atoms with Crippen molar-refractivity contribution < 1.29 is 4.79 Å². The summed E-state index contributed by atoms with van der Waals surface area (Å²) < 4.78 is 0. The predicted octanol–water partition coefficient (Wildman–Crippen LogP) is 4.85. The molecule has 0 aliphatic heterocycles. The summed E-state index contributed by atoms with van der Waals surface area (Å²) in [6.07, 6.45) is 2.77. The molecule has 0 aromatic heterocycles. The highest BCUT2D eigenvalue weighted by molar-refractivity contribution is 5.75. The van der Waals surface area contributed by atoms with Gasteiger partial charge in [-0.3, -0.25) is 0 Å². The third kappa shape index (κ3) is 4.29. The molecule has 0 heterocycles. The second-order valence-corrected chi connectivity index (χ2v) is 6.22. The van der Waals surface area contributed by atoms with Gasteiger partial charge in [0.1, 0.15) is 5.78 Å². The van der Waals surface area contributed by atoms with E-state index in [2.05, 4.69) is 52.0 Å². The Kier molecular flexibility index (Phi) is 5.13. The minimum Gasteiger partial charge on any atom is -0.300 e. The molecule has 0 saturated heterocycles. The van der Waals surface area contributed by atoms with Gasteiger partial charge in [0.25, 0.3) is 0 Å². The fraction of sp³-hybridized carbons (Fsp3) is 0.588. The summed E-state index contributed by atoms with van der Waals surface area (Å²) in [5, 5.41) is 0. The summed E-state index contributed by atoms with van der Waals surface area (Å²) >= 11 is 0. The van der Waals surface area contributed by atoms with Gasteiger partial charge in [0.2, 0.25) is 0 Å². The van der Waals surface area contributed by atoms with Gasteiger partial charge in [0.05, 0.1) is 0 Å². The maximum atomic E-state index is 11.1. The van der Waals surface area contributed by atoms with Crippen molar-refractivity contribution in [2.75, 3.05) is 0 Å². The maximum Gasteiger partial charge on any atom is 0.129 e. The Labute approximate surface area is 112 Å². The van der Waals surface area contributed by atoms with Gasteiger partial charge in [0, 0.05) is 6.42 Å². The first-order chi connectivity index (χ1) is 8.34. The lowest BCUT2D eigenvalue weighted by molar-refractivity contribution is -0.117. The fourth-order valence-electron chi connectivity index (χ4n) is 2.24. The summed E-state index contributed by atoms with van der Waals surface area (Å²) in [7, 11) is 0. The van der Waals surface area contributed by atoms with Crippen LogP contribution in [0.4, 0.5) is 0 Å². The number of carbonyl (C=O) groups excluding carboxylic acids is 1. The molecule has 0 fully saturated rings. The van der Waals surface area contributed by atoms with Crippen molar-refractivity contribution in [1.82, 2.24) is 0 Å². The molecule has 0 radical (unpaired) electrons. The van der Waals surface area contributed by atoms with E-state index >= 15 is 0 Å². The molecule has 1 heteroatoms. The molecular weight excluding hydrogens is 220 g/mol. The van der Waals surface area contributed by atoms with Crippen LogP contribution >= 0.6 is 0 Å². The molecule has 1 rings (SSSR count). The van der Waals surface area contributed by atoms with Gasteiger partial charge in [-0.1, -0.05) is 52.0 Å². The summed E-state index contributed by atoms with van der Waals surface area (Å²) in [6.45, 7) is 10.6. The van der Waals surface area contributed by atoms with E-state index in [0.29, 0.717) is 18.1 Å². The third-order valence-electron chi connectivity index (χ3n) is 3.59. The predicted molar refractivity (Wildman–Crippen MR) is 78.1 cm³/mol. The van der Waals surface area contributed by atoms with E-state index in [1.54, 1.807) is 6.92 Å². The van der Waals surface area contributed by atoms with Gasteiger partial charge in [-0.15, -0.1) is 0 Å². The zero-order valence-electron chi connectivity index (χ0n) is 12.4. The van der Waals surface area contributed by atoms with E-state index in [0.717, 1.165) is 12.8 Å². The highest BCUT2D eigenvalue weighted by Crippen LogP contribution is 2.28. The van der Waals surface area contributed by atoms with Crippen LogP contribution in [0.25, 0.3) is 0 Å². The zero-order chi connectivity index (χ0) is 13.8. The van der Waals surface area contributed by atoms with E-state index < -0.39 is 0 Å². The van der Waals surface area contributed by atoms with Gasteiger partial charge in [-0.2, -0.15) is 0 Å². The van der Waals surface area contributed by atoms with Crippen molar-refractivity contribution in [2.45, 2.75) is 65.2 Å². The van der Waals surface area contributed by atoms with Gasteiger partial charge in [-0.05, 0) is 42.2 Å². The number of carbonyl (C=O) groups is 1. The first-order valence-electron chi connectivity index (χ1n) is 6.94. The van der Waals surface area contributed by atoms with E-state index in [4.69, 9.17) is 0 Å². The molecule has 0 amide bonds. The average molecular weight is 246 g/mol. The normalized spacial score (nSPS) is 13.4. The van der Waals surface area contributed by atoms with Crippen LogP contribution in [0, 0.1) is 0 Å². The smallest absolute Gasteiger partial charge is 0.129 e. The zero-order valence-corrected chi connectivity index (χ0v) is 12.4. The van der Waals surface area contributed by atoms with E-state index in [9.17, 15) is 4.79 Å². The molecule has 0 aliphatic rings. The molecule has 0 saturated carbocycles. The fourth-order valence-corrected chi connectivity index (χ4v) is 2.24. The Balaban J connectivity index is 2.79. The van der Waals surface area contributed by atoms with E-state index in [1.807, 2.05) is 0 Å². The summed E-state index contributed by atoms with van der Waals surface area (Å²) in [4.78, 5) is 11.1. The van der Waals surface area contributed by atoms with E-state index in [-0.39, 0.29) is 5.41 Å². The van der Waals surface area contributed by atoms with Crippen LogP contribution in [0.3, 0.4) is 0 Å². The van der Waals surface area contributed by atoms with Crippen molar-refractivity contribution in [3.63, 3.8) is 0 Å². The molecule has 1 aromatic rings. The van der Waals surface area contributed by atoms with Crippen LogP contribution in [0.5, 0.6) is 0 Å². The standard InChI is InChI=1S/C17H26O/c1-6-14(8-7-13(2)18)15-9-11-16(12-10-15)17(3,4)5/h9-12,14H,6-8H2,1-5H3. The third-order valence-corrected chi connectivity index (χ3v) is 3.59. The lowest BCUT2D eigenvalue weighted by atomic mass is 9.84. The average Bonchev–Trinajstić information content (AvgIpc) is 2.29. The SMILES string of the molecule is CCC(CCC(C)=O)c1ccc(C(C)(C)C)cc1. The van der Waals surface area contributed by atoms with Crippen LogP contribution in [0.2, 0.25) is 0 Å². The van der Waals surface area contributed by atoms with Crippen LogP contribution < -0.4 is 0 Å². The molecule has 1 unspecified atom stereocenters. The van der Waals surface area contributed by atoms with Crippen molar-refractivity contribution >= 4 is 5.78 Å². The molecule has 100 valence electrons.